The van der Waals surface area contributed by atoms with E-state index in [9.17, 15) is 25.0 Å². The molecule has 0 saturated carbocycles. The van der Waals surface area contributed by atoms with Crippen LogP contribution in [0.25, 0.3) is 0 Å². The molecule has 28 heavy (non-hydrogen) atoms. The van der Waals surface area contributed by atoms with Crippen molar-refractivity contribution in [2.24, 2.45) is 0 Å². The van der Waals surface area contributed by atoms with Crippen LogP contribution in [0.3, 0.4) is 0 Å². The zero-order chi connectivity index (χ0) is 20.3. The number of hydrogen-bond acceptors (Lipinski definition) is 7. The lowest BCUT2D eigenvalue weighted by atomic mass is 10.1. The highest BCUT2D eigenvalue weighted by Gasteiger charge is 2.30. The van der Waals surface area contributed by atoms with Crippen molar-refractivity contribution in [3.05, 3.63) is 68.3 Å². The Kier molecular flexibility index (Phi) is 5.39. The van der Waals surface area contributed by atoms with Gasteiger partial charge in [0.05, 0.1) is 35.1 Å². The monoisotopic (exact) mass is 387 g/mol. The van der Waals surface area contributed by atoms with Crippen LogP contribution in [-0.2, 0) is 0 Å². The Balaban J connectivity index is 1.71. The third-order valence-electron chi connectivity index (χ3n) is 4.37. The van der Waals surface area contributed by atoms with Crippen LogP contribution in [-0.4, -0.2) is 47.0 Å². The van der Waals surface area contributed by atoms with Gasteiger partial charge >= 0.3 is 0 Å². The number of methoxy groups -OCH3 is 1. The molecule has 0 unspecified atom stereocenters. The van der Waals surface area contributed by atoms with Gasteiger partial charge in [-0.2, -0.15) is 0 Å². The third-order valence-corrected chi connectivity index (χ3v) is 4.37. The number of likely N-dealkylation sites (tertiary alicyclic amines) is 1. The standard InChI is InChI=1S/C18H17N3O7/c1-27-15-2-4-16(5-3-15)28-17-6-7-19(11-17)18(22)12-8-13(20(23)24)10-14(9-12)21(25)26/h2-5,8-10,17H,6-7,11H2,1H3/t17-/m0/s1. The van der Waals surface area contributed by atoms with E-state index in [1.54, 1.807) is 31.4 Å². The minimum atomic E-state index is -0.761. The van der Waals surface area contributed by atoms with Gasteiger partial charge in [-0.25, -0.2) is 0 Å². The largest absolute Gasteiger partial charge is 0.497 e. The number of nitro groups is 2. The number of ether oxygens (including phenoxy) is 2. The number of hydrogen-bond donors (Lipinski definition) is 0. The van der Waals surface area contributed by atoms with E-state index in [0.717, 1.165) is 18.2 Å². The summed E-state index contributed by atoms with van der Waals surface area (Å²) in [6, 6.07) is 9.96. The molecular weight excluding hydrogens is 370 g/mol. The number of carbonyl (C=O) groups excluding carboxylic acids is 1. The first kappa shape index (κ1) is 19.1. The number of non-ortho nitro benzene ring substituents is 2. The molecule has 1 fully saturated rings. The number of nitrogens with zero attached hydrogens (tertiary/aromatic N) is 3. The maximum atomic E-state index is 12.7. The summed E-state index contributed by atoms with van der Waals surface area (Å²) in [4.78, 5) is 34.6. The fourth-order valence-electron chi connectivity index (χ4n) is 2.97. The maximum Gasteiger partial charge on any atom is 0.277 e. The highest BCUT2D eigenvalue weighted by molar-refractivity contribution is 5.95. The predicted octanol–water partition coefficient (Wildman–Crippen LogP) is 2.81. The molecule has 10 heteroatoms. The van der Waals surface area contributed by atoms with Crippen molar-refractivity contribution in [3.63, 3.8) is 0 Å². The third kappa shape index (κ3) is 4.17. The summed E-state index contributed by atoms with van der Waals surface area (Å²) in [5, 5.41) is 22.0. The van der Waals surface area contributed by atoms with E-state index < -0.39 is 27.1 Å². The topological polar surface area (TPSA) is 125 Å². The molecule has 1 amide bonds. The first-order valence-corrected chi connectivity index (χ1v) is 8.41. The molecule has 0 aromatic heterocycles. The molecular formula is C18H17N3O7. The van der Waals surface area contributed by atoms with E-state index >= 15 is 0 Å². The number of amides is 1. The predicted molar refractivity (Wildman–Crippen MR) is 97.7 cm³/mol. The van der Waals surface area contributed by atoms with E-state index in [1.165, 1.54) is 4.90 Å². The Bertz CT molecular complexity index is 882. The smallest absolute Gasteiger partial charge is 0.277 e. The van der Waals surface area contributed by atoms with Crippen LogP contribution < -0.4 is 9.47 Å². The first-order valence-electron chi connectivity index (χ1n) is 8.41. The molecule has 1 aliphatic rings. The summed E-state index contributed by atoms with van der Waals surface area (Å²) in [6.45, 7) is 0.664. The van der Waals surface area contributed by atoms with Crippen molar-refractivity contribution in [1.29, 1.82) is 0 Å². The van der Waals surface area contributed by atoms with E-state index in [2.05, 4.69) is 0 Å². The molecule has 10 nitrogen and oxygen atoms in total. The van der Waals surface area contributed by atoms with Crippen LogP contribution in [0.2, 0.25) is 0 Å². The van der Waals surface area contributed by atoms with Crippen LogP contribution in [0.1, 0.15) is 16.8 Å². The van der Waals surface area contributed by atoms with Gasteiger partial charge in [0.1, 0.15) is 17.6 Å². The maximum absolute atomic E-state index is 12.7. The zero-order valence-electron chi connectivity index (χ0n) is 14.9. The second kappa shape index (κ2) is 7.91. The van der Waals surface area contributed by atoms with Crippen molar-refractivity contribution >= 4 is 17.3 Å². The van der Waals surface area contributed by atoms with Gasteiger partial charge in [0, 0.05) is 25.1 Å². The number of carbonyl (C=O) groups is 1. The van der Waals surface area contributed by atoms with Crippen LogP contribution in [0.15, 0.2) is 42.5 Å². The summed E-state index contributed by atoms with van der Waals surface area (Å²) in [7, 11) is 1.56. The van der Waals surface area contributed by atoms with Crippen LogP contribution in [0.4, 0.5) is 11.4 Å². The second-order valence-corrected chi connectivity index (χ2v) is 6.21. The van der Waals surface area contributed by atoms with Gasteiger partial charge in [0.25, 0.3) is 17.3 Å². The highest BCUT2D eigenvalue weighted by Crippen LogP contribution is 2.26. The van der Waals surface area contributed by atoms with Gasteiger partial charge < -0.3 is 14.4 Å². The Morgan fingerprint density at radius 2 is 1.61 bits per heavy atom. The van der Waals surface area contributed by atoms with E-state index in [0.29, 0.717) is 24.5 Å². The molecule has 146 valence electrons. The van der Waals surface area contributed by atoms with Gasteiger partial charge in [0.2, 0.25) is 0 Å². The SMILES string of the molecule is COc1ccc(O[C@H]2CCN(C(=O)c3cc([N+](=O)[O-])cc([N+](=O)[O-])c3)C2)cc1. The zero-order valence-corrected chi connectivity index (χ0v) is 14.9. The first-order chi connectivity index (χ1) is 13.4. The quantitative estimate of drug-likeness (QED) is 0.551. The number of benzene rings is 2. The Morgan fingerprint density at radius 1 is 1.04 bits per heavy atom. The van der Waals surface area contributed by atoms with Crippen molar-refractivity contribution in [1.82, 2.24) is 4.90 Å². The van der Waals surface area contributed by atoms with Gasteiger partial charge in [-0.15, -0.1) is 0 Å². The van der Waals surface area contributed by atoms with Gasteiger partial charge in [-0.1, -0.05) is 0 Å². The van der Waals surface area contributed by atoms with Crippen molar-refractivity contribution in [2.45, 2.75) is 12.5 Å². The molecule has 0 spiro atoms. The molecule has 0 bridgehead atoms. The van der Waals surface area contributed by atoms with E-state index in [1.807, 2.05) is 0 Å². The summed E-state index contributed by atoms with van der Waals surface area (Å²) in [5.74, 6) is 0.821. The molecule has 0 aliphatic carbocycles. The lowest BCUT2D eigenvalue weighted by Gasteiger charge is -2.17. The molecule has 1 heterocycles. The molecule has 0 N–H and O–H groups in total. The molecule has 3 rings (SSSR count). The van der Waals surface area contributed by atoms with Crippen molar-refractivity contribution in [2.75, 3.05) is 20.2 Å². The molecule has 2 aromatic rings. The Morgan fingerprint density at radius 3 is 2.14 bits per heavy atom. The number of nitro benzene ring substituents is 2. The van der Waals surface area contributed by atoms with E-state index in [4.69, 9.17) is 9.47 Å². The van der Waals surface area contributed by atoms with E-state index in [-0.39, 0.29) is 18.2 Å². The average Bonchev–Trinajstić information content (AvgIpc) is 3.16. The fraction of sp³-hybridized carbons (Fsp3) is 0.278. The Labute approximate surface area is 159 Å². The van der Waals surface area contributed by atoms with Gasteiger partial charge in [-0.05, 0) is 24.3 Å². The second-order valence-electron chi connectivity index (χ2n) is 6.21. The lowest BCUT2D eigenvalue weighted by Crippen LogP contribution is -2.31. The van der Waals surface area contributed by atoms with Gasteiger partial charge in [0.15, 0.2) is 0 Å². The minimum Gasteiger partial charge on any atom is -0.497 e. The molecule has 2 aromatic carbocycles. The molecule has 1 aliphatic heterocycles. The summed E-state index contributed by atoms with van der Waals surface area (Å²) in [5.41, 5.74) is -1.09. The molecule has 1 atom stereocenters. The lowest BCUT2D eigenvalue weighted by molar-refractivity contribution is -0.394. The summed E-state index contributed by atoms with van der Waals surface area (Å²) >= 11 is 0. The normalized spacial score (nSPS) is 15.9. The van der Waals surface area contributed by atoms with Crippen molar-refractivity contribution in [3.8, 4) is 11.5 Å². The summed E-state index contributed by atoms with van der Waals surface area (Å²) < 4.78 is 10.9. The average molecular weight is 387 g/mol. The van der Waals surface area contributed by atoms with Crippen LogP contribution in [0, 0.1) is 20.2 Å². The van der Waals surface area contributed by atoms with Crippen molar-refractivity contribution < 1.29 is 24.1 Å². The summed E-state index contributed by atoms with van der Waals surface area (Å²) in [6.07, 6.45) is 0.334. The number of rotatable bonds is 6. The Hall–Kier alpha value is -3.69. The van der Waals surface area contributed by atoms with Crippen LogP contribution in [0.5, 0.6) is 11.5 Å². The fourth-order valence-corrected chi connectivity index (χ4v) is 2.97. The highest BCUT2D eigenvalue weighted by atomic mass is 16.6. The molecule has 0 radical (unpaired) electrons. The molecule has 1 saturated heterocycles. The minimum absolute atomic E-state index is 0.0917. The van der Waals surface area contributed by atoms with Crippen LogP contribution >= 0.6 is 0 Å². The van der Waals surface area contributed by atoms with Gasteiger partial charge in [-0.3, -0.25) is 25.0 Å².